The third kappa shape index (κ3) is 2.79. The molecular formula is C18H21N5O. The number of rotatable bonds is 3. The zero-order chi connectivity index (χ0) is 17.3. The van der Waals surface area contributed by atoms with Gasteiger partial charge in [0.05, 0.1) is 35.6 Å². The van der Waals surface area contributed by atoms with Crippen molar-refractivity contribution in [3.05, 3.63) is 46.8 Å². The number of hydrogen-bond acceptors (Lipinski definition) is 5. The van der Waals surface area contributed by atoms with Crippen molar-refractivity contribution in [2.24, 2.45) is 10.9 Å². The van der Waals surface area contributed by atoms with Crippen LogP contribution < -0.4 is 10.7 Å². The smallest absolute Gasteiger partial charge is 0.271 e. The van der Waals surface area contributed by atoms with E-state index in [1.54, 1.807) is 12.1 Å². The van der Waals surface area contributed by atoms with Crippen molar-refractivity contribution in [3.63, 3.8) is 0 Å². The highest BCUT2D eigenvalue weighted by Crippen LogP contribution is 2.28. The molecule has 0 fully saturated rings. The molecule has 124 valence electrons. The van der Waals surface area contributed by atoms with E-state index in [1.807, 2.05) is 24.1 Å². The fraction of sp³-hybridized carbons (Fsp3) is 0.389. The van der Waals surface area contributed by atoms with E-state index in [9.17, 15) is 4.79 Å². The lowest BCUT2D eigenvalue weighted by Gasteiger charge is -2.23. The second kappa shape index (κ2) is 6.46. The quantitative estimate of drug-likeness (QED) is 0.884. The molecule has 24 heavy (non-hydrogen) atoms. The molecule has 1 aromatic rings. The highest BCUT2D eigenvalue weighted by atomic mass is 16.2. The average Bonchev–Trinajstić information content (AvgIpc) is 2.88. The summed E-state index contributed by atoms with van der Waals surface area (Å²) in [5.74, 6) is 0.207. The molecule has 2 aliphatic rings. The van der Waals surface area contributed by atoms with Gasteiger partial charge in [0.1, 0.15) is 5.70 Å². The molecule has 6 heteroatoms. The Balaban J connectivity index is 2.05. The first-order chi connectivity index (χ1) is 11.5. The minimum atomic E-state index is -0.102. The molecule has 0 saturated heterocycles. The first kappa shape index (κ1) is 16.2. The van der Waals surface area contributed by atoms with Gasteiger partial charge in [-0.2, -0.15) is 5.26 Å². The van der Waals surface area contributed by atoms with Crippen LogP contribution in [-0.4, -0.2) is 35.8 Å². The normalized spacial score (nSPS) is 20.5. The summed E-state index contributed by atoms with van der Waals surface area (Å²) in [5.41, 5.74) is 7.12. The first-order valence-corrected chi connectivity index (χ1v) is 8.19. The van der Waals surface area contributed by atoms with Crippen molar-refractivity contribution in [1.82, 2.24) is 15.8 Å². The van der Waals surface area contributed by atoms with E-state index in [0.29, 0.717) is 30.3 Å². The maximum Gasteiger partial charge on any atom is 0.271 e. The molecule has 3 rings (SSSR count). The Morgan fingerprint density at radius 1 is 1.38 bits per heavy atom. The zero-order valence-corrected chi connectivity index (χ0v) is 14.1. The molecule has 0 bridgehead atoms. The number of likely N-dealkylation sites (N-methyl/N-ethyl adjacent to an activating group) is 1. The molecule has 0 saturated carbocycles. The third-order valence-electron chi connectivity index (χ3n) is 4.32. The van der Waals surface area contributed by atoms with Crippen LogP contribution in [0.5, 0.6) is 0 Å². The number of hydrogen-bond donors (Lipinski definition) is 2. The summed E-state index contributed by atoms with van der Waals surface area (Å²) in [4.78, 5) is 17.4. The van der Waals surface area contributed by atoms with Gasteiger partial charge in [-0.05, 0) is 30.5 Å². The van der Waals surface area contributed by atoms with Crippen LogP contribution >= 0.6 is 0 Å². The Morgan fingerprint density at radius 2 is 2.08 bits per heavy atom. The predicted octanol–water partition coefficient (Wildman–Crippen LogP) is 1.55. The van der Waals surface area contributed by atoms with Crippen LogP contribution in [0.1, 0.15) is 31.9 Å². The standard InChI is InChI=1S/C18H21N5O/c1-4-23-17-16(15(22-23)11(2)3)21-14(10-20-18(17)24)13-7-5-12(9-19)6-8-13/h5-8,11,15,22H,4,10H2,1-3H3,(H,20,24). The maximum atomic E-state index is 12.5. The largest absolute Gasteiger partial charge is 0.345 e. The molecule has 0 spiro atoms. The number of carbonyl (C=O) groups is 1. The van der Waals surface area contributed by atoms with Crippen molar-refractivity contribution in [2.75, 3.05) is 13.1 Å². The van der Waals surface area contributed by atoms with Gasteiger partial charge < -0.3 is 10.3 Å². The molecule has 2 heterocycles. The van der Waals surface area contributed by atoms with E-state index in [0.717, 1.165) is 17.0 Å². The Labute approximate surface area is 141 Å². The number of benzene rings is 1. The van der Waals surface area contributed by atoms with E-state index < -0.39 is 0 Å². The van der Waals surface area contributed by atoms with Crippen molar-refractivity contribution in [1.29, 1.82) is 5.26 Å². The van der Waals surface area contributed by atoms with E-state index in [4.69, 9.17) is 10.3 Å². The molecule has 1 amide bonds. The van der Waals surface area contributed by atoms with Crippen molar-refractivity contribution in [3.8, 4) is 6.07 Å². The van der Waals surface area contributed by atoms with Crippen LogP contribution in [0.4, 0.5) is 0 Å². The number of amides is 1. The van der Waals surface area contributed by atoms with Crippen LogP contribution in [0, 0.1) is 17.2 Å². The fourth-order valence-electron chi connectivity index (χ4n) is 2.99. The lowest BCUT2D eigenvalue weighted by atomic mass is 10.0. The molecule has 1 unspecified atom stereocenters. The van der Waals surface area contributed by atoms with Crippen LogP contribution in [-0.2, 0) is 4.79 Å². The molecule has 0 radical (unpaired) electrons. The SMILES string of the molecule is CCN1NC(C(C)C)C2=C1C(=O)NCC(c1ccc(C#N)cc1)=N2. The van der Waals surface area contributed by atoms with Gasteiger partial charge in [-0.15, -0.1) is 0 Å². The summed E-state index contributed by atoms with van der Waals surface area (Å²) >= 11 is 0. The number of nitriles is 1. The number of nitrogens with one attached hydrogen (secondary N) is 2. The van der Waals surface area contributed by atoms with Crippen molar-refractivity contribution < 1.29 is 4.79 Å². The lowest BCUT2D eigenvalue weighted by molar-refractivity contribution is -0.118. The molecule has 2 aliphatic heterocycles. The van der Waals surface area contributed by atoms with Gasteiger partial charge in [0.15, 0.2) is 0 Å². The highest BCUT2D eigenvalue weighted by molar-refractivity contribution is 6.07. The predicted molar refractivity (Wildman–Crippen MR) is 91.9 cm³/mol. The first-order valence-electron chi connectivity index (χ1n) is 8.19. The summed E-state index contributed by atoms with van der Waals surface area (Å²) in [6.45, 7) is 7.29. The van der Waals surface area contributed by atoms with Gasteiger partial charge >= 0.3 is 0 Å². The van der Waals surface area contributed by atoms with Crippen LogP contribution in [0.2, 0.25) is 0 Å². The van der Waals surface area contributed by atoms with Crippen molar-refractivity contribution in [2.45, 2.75) is 26.8 Å². The fourth-order valence-corrected chi connectivity index (χ4v) is 2.99. The van der Waals surface area contributed by atoms with E-state index in [2.05, 4.69) is 30.7 Å². The van der Waals surface area contributed by atoms with Gasteiger partial charge in [-0.25, -0.2) is 5.43 Å². The second-order valence-electron chi connectivity index (χ2n) is 6.26. The van der Waals surface area contributed by atoms with E-state index in [-0.39, 0.29) is 11.9 Å². The van der Waals surface area contributed by atoms with Gasteiger partial charge in [-0.3, -0.25) is 9.79 Å². The molecule has 1 aromatic carbocycles. The zero-order valence-electron chi connectivity index (χ0n) is 14.1. The highest BCUT2D eigenvalue weighted by Gasteiger charge is 2.37. The van der Waals surface area contributed by atoms with E-state index in [1.165, 1.54) is 0 Å². The lowest BCUT2D eigenvalue weighted by Crippen LogP contribution is -2.43. The Kier molecular flexibility index (Phi) is 4.36. The minimum absolute atomic E-state index is 0.0113. The third-order valence-corrected chi connectivity index (χ3v) is 4.32. The molecule has 6 nitrogen and oxygen atoms in total. The van der Waals surface area contributed by atoms with Gasteiger partial charge in [0.2, 0.25) is 0 Å². The van der Waals surface area contributed by atoms with Crippen molar-refractivity contribution >= 4 is 11.6 Å². The van der Waals surface area contributed by atoms with Gasteiger partial charge in [0, 0.05) is 6.54 Å². The second-order valence-corrected chi connectivity index (χ2v) is 6.26. The van der Waals surface area contributed by atoms with E-state index >= 15 is 0 Å². The number of nitrogens with zero attached hydrogens (tertiary/aromatic N) is 3. The number of carbonyl (C=O) groups excluding carboxylic acids is 1. The molecule has 1 atom stereocenters. The molecule has 0 aliphatic carbocycles. The number of hydrazine groups is 1. The van der Waals surface area contributed by atoms with Gasteiger partial charge in [0.25, 0.3) is 5.91 Å². The summed E-state index contributed by atoms with van der Waals surface area (Å²) in [6, 6.07) is 9.41. The summed E-state index contributed by atoms with van der Waals surface area (Å²) in [5, 5.41) is 13.8. The minimum Gasteiger partial charge on any atom is -0.345 e. The Bertz CT molecular complexity index is 755. The summed E-state index contributed by atoms with van der Waals surface area (Å²) in [7, 11) is 0. The monoisotopic (exact) mass is 323 g/mol. The van der Waals surface area contributed by atoms with Crippen LogP contribution in [0.15, 0.2) is 40.7 Å². The average molecular weight is 323 g/mol. The Morgan fingerprint density at radius 3 is 2.67 bits per heavy atom. The molecule has 2 N–H and O–H groups in total. The summed E-state index contributed by atoms with van der Waals surface area (Å²) in [6.07, 6.45) is 0. The van der Waals surface area contributed by atoms with Gasteiger partial charge in [-0.1, -0.05) is 26.0 Å². The molecule has 0 aromatic heterocycles. The maximum absolute atomic E-state index is 12.5. The molecular weight excluding hydrogens is 302 g/mol. The Hall–Kier alpha value is -2.65. The summed E-state index contributed by atoms with van der Waals surface area (Å²) < 4.78 is 0. The topological polar surface area (TPSA) is 80.5 Å². The number of aliphatic imine (C=N–C) groups is 1. The van der Waals surface area contributed by atoms with Crippen LogP contribution in [0.3, 0.4) is 0 Å². The van der Waals surface area contributed by atoms with Crippen LogP contribution in [0.25, 0.3) is 0 Å².